The van der Waals surface area contributed by atoms with E-state index in [0.717, 1.165) is 23.1 Å². The third-order valence-electron chi connectivity index (χ3n) is 4.76. The van der Waals surface area contributed by atoms with Crippen molar-refractivity contribution in [3.8, 4) is 5.75 Å². The zero-order chi connectivity index (χ0) is 14.1. The van der Waals surface area contributed by atoms with Crippen LogP contribution in [0.5, 0.6) is 5.75 Å². The smallest absolute Gasteiger partial charge is 0.133 e. The summed E-state index contributed by atoms with van der Waals surface area (Å²) in [6.07, 6.45) is 5.82. The minimum absolute atomic E-state index is 0.0979. The van der Waals surface area contributed by atoms with Gasteiger partial charge in [0, 0.05) is 5.54 Å². The molecule has 1 fully saturated rings. The first kappa shape index (κ1) is 14.9. The van der Waals surface area contributed by atoms with Crippen LogP contribution in [0.25, 0.3) is 0 Å². The number of halogens is 1. The quantitative estimate of drug-likeness (QED) is 0.899. The van der Waals surface area contributed by atoms with E-state index in [1.54, 1.807) is 7.11 Å². The molecule has 2 N–H and O–H groups in total. The molecule has 2 rings (SSSR count). The van der Waals surface area contributed by atoms with Crippen molar-refractivity contribution in [3.05, 3.63) is 28.2 Å². The molecule has 0 bridgehead atoms. The predicted octanol–water partition coefficient (Wildman–Crippen LogP) is 4.30. The zero-order valence-corrected chi connectivity index (χ0v) is 13.7. The summed E-state index contributed by atoms with van der Waals surface area (Å²) in [5.41, 5.74) is 8.13. The molecular formula is C16H24BrNO. The Morgan fingerprint density at radius 1 is 1.26 bits per heavy atom. The van der Waals surface area contributed by atoms with Crippen LogP contribution in [-0.2, 0) is 6.42 Å². The third kappa shape index (κ3) is 2.97. The average molecular weight is 326 g/mol. The summed E-state index contributed by atoms with van der Waals surface area (Å²) >= 11 is 3.55. The van der Waals surface area contributed by atoms with Gasteiger partial charge < -0.3 is 10.5 Å². The highest BCUT2D eigenvalue weighted by molar-refractivity contribution is 9.10. The second-order valence-electron chi connectivity index (χ2n) is 6.39. The van der Waals surface area contributed by atoms with E-state index in [4.69, 9.17) is 10.5 Å². The molecule has 1 aromatic carbocycles. The van der Waals surface area contributed by atoms with E-state index >= 15 is 0 Å². The predicted molar refractivity (Wildman–Crippen MR) is 83.6 cm³/mol. The molecule has 19 heavy (non-hydrogen) atoms. The Labute approximate surface area is 124 Å². The highest BCUT2D eigenvalue weighted by Crippen LogP contribution is 2.44. The van der Waals surface area contributed by atoms with Crippen molar-refractivity contribution in [2.75, 3.05) is 7.11 Å². The van der Waals surface area contributed by atoms with Gasteiger partial charge in [0.1, 0.15) is 5.75 Å². The fourth-order valence-corrected chi connectivity index (χ4v) is 3.69. The summed E-state index contributed by atoms with van der Waals surface area (Å²) < 4.78 is 6.28. The fraction of sp³-hybridized carbons (Fsp3) is 0.625. The molecule has 1 aliphatic rings. The van der Waals surface area contributed by atoms with E-state index < -0.39 is 0 Å². The van der Waals surface area contributed by atoms with Crippen molar-refractivity contribution in [2.24, 2.45) is 11.1 Å². The SMILES string of the molecule is COc1ccc(CC2(N)CCCCC2(C)C)cc1Br. The van der Waals surface area contributed by atoms with E-state index in [1.807, 2.05) is 6.07 Å². The van der Waals surface area contributed by atoms with Gasteiger partial charge in [0.15, 0.2) is 0 Å². The molecule has 0 aromatic heterocycles. The normalized spacial score (nSPS) is 26.2. The lowest BCUT2D eigenvalue weighted by Crippen LogP contribution is -2.56. The molecule has 2 nitrogen and oxygen atoms in total. The van der Waals surface area contributed by atoms with Crippen LogP contribution in [0, 0.1) is 5.41 Å². The zero-order valence-electron chi connectivity index (χ0n) is 12.1. The lowest BCUT2D eigenvalue weighted by molar-refractivity contribution is 0.0990. The van der Waals surface area contributed by atoms with Gasteiger partial charge in [-0.1, -0.05) is 32.8 Å². The van der Waals surface area contributed by atoms with Crippen molar-refractivity contribution in [1.82, 2.24) is 0 Å². The lowest BCUT2D eigenvalue weighted by Gasteiger charge is -2.48. The molecule has 1 aromatic rings. The van der Waals surface area contributed by atoms with Gasteiger partial charge in [-0.25, -0.2) is 0 Å². The monoisotopic (exact) mass is 325 g/mol. The fourth-order valence-electron chi connectivity index (χ4n) is 3.11. The maximum Gasteiger partial charge on any atom is 0.133 e. The Balaban J connectivity index is 2.22. The van der Waals surface area contributed by atoms with Gasteiger partial charge in [-0.2, -0.15) is 0 Å². The Hall–Kier alpha value is -0.540. The topological polar surface area (TPSA) is 35.2 Å². The molecule has 0 heterocycles. The molecule has 1 aliphatic carbocycles. The maximum absolute atomic E-state index is 6.74. The van der Waals surface area contributed by atoms with Crippen LogP contribution in [-0.4, -0.2) is 12.6 Å². The van der Waals surface area contributed by atoms with Crippen molar-refractivity contribution < 1.29 is 4.74 Å². The molecule has 0 amide bonds. The Kier molecular flexibility index (Phi) is 4.26. The number of rotatable bonds is 3. The number of hydrogen-bond acceptors (Lipinski definition) is 2. The molecule has 106 valence electrons. The number of hydrogen-bond donors (Lipinski definition) is 1. The Bertz CT molecular complexity index is 458. The van der Waals surface area contributed by atoms with Gasteiger partial charge in [-0.05, 0) is 58.3 Å². The minimum atomic E-state index is -0.0979. The number of benzene rings is 1. The molecule has 3 heteroatoms. The molecule has 0 radical (unpaired) electrons. The second kappa shape index (κ2) is 5.45. The molecular weight excluding hydrogens is 302 g/mol. The number of ether oxygens (including phenoxy) is 1. The number of nitrogens with two attached hydrogens (primary N) is 1. The summed E-state index contributed by atoms with van der Waals surface area (Å²) in [7, 11) is 1.69. The molecule has 0 aliphatic heterocycles. The molecule has 0 saturated heterocycles. The number of methoxy groups -OCH3 is 1. The van der Waals surface area contributed by atoms with Crippen LogP contribution in [0.15, 0.2) is 22.7 Å². The Morgan fingerprint density at radius 2 is 1.95 bits per heavy atom. The molecule has 1 atom stereocenters. The van der Waals surface area contributed by atoms with Gasteiger partial charge >= 0.3 is 0 Å². The summed E-state index contributed by atoms with van der Waals surface area (Å²) in [6.45, 7) is 4.62. The van der Waals surface area contributed by atoms with Crippen LogP contribution >= 0.6 is 15.9 Å². The highest BCUT2D eigenvalue weighted by Gasteiger charge is 2.43. The average Bonchev–Trinajstić information content (AvgIpc) is 2.33. The third-order valence-corrected chi connectivity index (χ3v) is 5.38. The molecule has 0 spiro atoms. The van der Waals surface area contributed by atoms with E-state index in [9.17, 15) is 0 Å². The van der Waals surface area contributed by atoms with Gasteiger partial charge in [0.2, 0.25) is 0 Å². The summed E-state index contributed by atoms with van der Waals surface area (Å²) in [4.78, 5) is 0. The van der Waals surface area contributed by atoms with Crippen molar-refractivity contribution in [3.63, 3.8) is 0 Å². The minimum Gasteiger partial charge on any atom is -0.496 e. The van der Waals surface area contributed by atoms with Gasteiger partial charge in [-0.15, -0.1) is 0 Å². The van der Waals surface area contributed by atoms with Crippen molar-refractivity contribution >= 4 is 15.9 Å². The molecule has 1 saturated carbocycles. The lowest BCUT2D eigenvalue weighted by atomic mass is 9.61. The first-order valence-electron chi connectivity index (χ1n) is 6.99. The van der Waals surface area contributed by atoms with Crippen molar-refractivity contribution in [1.29, 1.82) is 0 Å². The summed E-state index contributed by atoms with van der Waals surface area (Å²) in [5.74, 6) is 0.873. The van der Waals surface area contributed by atoms with Crippen molar-refractivity contribution in [2.45, 2.75) is 51.5 Å². The largest absolute Gasteiger partial charge is 0.496 e. The van der Waals surface area contributed by atoms with Crippen LogP contribution in [0.2, 0.25) is 0 Å². The van der Waals surface area contributed by atoms with Gasteiger partial charge in [0.05, 0.1) is 11.6 Å². The van der Waals surface area contributed by atoms with Gasteiger partial charge in [0.25, 0.3) is 0 Å². The standard InChI is InChI=1S/C16H24BrNO/c1-15(2)8-4-5-9-16(15,18)11-12-6-7-14(19-3)13(17)10-12/h6-7,10H,4-5,8-9,11,18H2,1-3H3. The van der Waals surface area contributed by atoms with E-state index in [0.29, 0.717) is 0 Å². The first-order valence-corrected chi connectivity index (χ1v) is 7.79. The first-order chi connectivity index (χ1) is 8.88. The van der Waals surface area contributed by atoms with E-state index in [1.165, 1.54) is 24.8 Å². The molecule has 1 unspecified atom stereocenters. The van der Waals surface area contributed by atoms with Gasteiger partial charge in [-0.3, -0.25) is 0 Å². The summed E-state index contributed by atoms with van der Waals surface area (Å²) in [6, 6.07) is 6.28. The summed E-state index contributed by atoms with van der Waals surface area (Å²) in [5, 5.41) is 0. The second-order valence-corrected chi connectivity index (χ2v) is 7.25. The maximum atomic E-state index is 6.74. The van der Waals surface area contributed by atoms with Crippen LogP contribution in [0.3, 0.4) is 0 Å². The Morgan fingerprint density at radius 3 is 2.53 bits per heavy atom. The van der Waals surface area contributed by atoms with Crippen LogP contribution < -0.4 is 10.5 Å². The van der Waals surface area contributed by atoms with E-state index in [-0.39, 0.29) is 11.0 Å². The van der Waals surface area contributed by atoms with Crippen LogP contribution in [0.1, 0.15) is 45.1 Å². The van der Waals surface area contributed by atoms with Crippen LogP contribution in [0.4, 0.5) is 0 Å². The van der Waals surface area contributed by atoms with E-state index in [2.05, 4.69) is 41.9 Å². The highest BCUT2D eigenvalue weighted by atomic mass is 79.9.